The lowest BCUT2D eigenvalue weighted by molar-refractivity contribution is 0.0952. The number of nitrogens with two attached hydrogens (primary N) is 1. The highest BCUT2D eigenvalue weighted by atomic mass is 16.1. The van der Waals surface area contributed by atoms with Gasteiger partial charge in [-0.05, 0) is 50.5 Å². The van der Waals surface area contributed by atoms with E-state index in [1.54, 1.807) is 6.07 Å². The molecular formula is C21H27BN4O2. The van der Waals surface area contributed by atoms with Gasteiger partial charge in [0.05, 0.1) is 0 Å². The van der Waals surface area contributed by atoms with Crippen molar-refractivity contribution in [1.82, 2.24) is 14.9 Å². The van der Waals surface area contributed by atoms with Gasteiger partial charge in [-0.15, -0.1) is 0 Å². The summed E-state index contributed by atoms with van der Waals surface area (Å²) in [4.78, 5) is 27.7. The highest BCUT2D eigenvalue weighted by molar-refractivity contribution is 6.34. The molecule has 0 spiro atoms. The van der Waals surface area contributed by atoms with Crippen LogP contribution < -0.4 is 22.1 Å². The number of carbonyl (C=O) groups excluding carboxylic acids is 1. The summed E-state index contributed by atoms with van der Waals surface area (Å²) >= 11 is 0. The van der Waals surface area contributed by atoms with E-state index in [0.29, 0.717) is 23.0 Å². The fraction of sp³-hybridized carbons (Fsp3) is 0.333. The molecule has 1 atom stereocenters. The number of benzene rings is 1. The number of hydrogen-bond donors (Lipinski definition) is 3. The fourth-order valence-corrected chi connectivity index (χ4v) is 3.69. The Bertz CT molecular complexity index is 1110. The first-order valence-electron chi connectivity index (χ1n) is 9.61. The van der Waals surface area contributed by atoms with Gasteiger partial charge in [0, 0.05) is 40.8 Å². The Morgan fingerprint density at radius 2 is 2.00 bits per heavy atom. The van der Waals surface area contributed by atoms with Crippen molar-refractivity contribution in [2.24, 2.45) is 0 Å². The van der Waals surface area contributed by atoms with Crippen molar-refractivity contribution in [3.63, 3.8) is 0 Å². The molecule has 0 saturated heterocycles. The van der Waals surface area contributed by atoms with Gasteiger partial charge in [0.2, 0.25) is 0 Å². The second-order valence-corrected chi connectivity index (χ2v) is 7.58. The number of aromatic nitrogens is 2. The second kappa shape index (κ2) is 7.58. The fourth-order valence-electron chi connectivity index (χ4n) is 3.69. The number of carbonyl (C=O) groups is 1. The molecule has 0 aliphatic rings. The van der Waals surface area contributed by atoms with Crippen LogP contribution in [0.4, 0.5) is 5.82 Å². The Morgan fingerprint density at radius 3 is 2.64 bits per heavy atom. The Morgan fingerprint density at radius 1 is 1.29 bits per heavy atom. The van der Waals surface area contributed by atoms with Crippen LogP contribution in [0.3, 0.4) is 0 Å². The number of aromatic amines is 1. The molecule has 0 radical (unpaired) electrons. The minimum absolute atomic E-state index is 0.154. The van der Waals surface area contributed by atoms with Gasteiger partial charge < -0.3 is 20.6 Å². The second-order valence-electron chi connectivity index (χ2n) is 7.58. The zero-order valence-electron chi connectivity index (χ0n) is 17.1. The van der Waals surface area contributed by atoms with Crippen molar-refractivity contribution in [3.05, 3.63) is 57.0 Å². The molecule has 0 fully saturated rings. The maximum atomic E-state index is 13.0. The van der Waals surface area contributed by atoms with Crippen molar-refractivity contribution < 1.29 is 4.79 Å². The van der Waals surface area contributed by atoms with E-state index >= 15 is 0 Å². The van der Waals surface area contributed by atoms with Crippen LogP contribution in [-0.4, -0.2) is 23.3 Å². The predicted molar refractivity (Wildman–Crippen MR) is 117 cm³/mol. The normalized spacial score (nSPS) is 12.3. The van der Waals surface area contributed by atoms with Gasteiger partial charge in [0.25, 0.3) is 11.5 Å². The van der Waals surface area contributed by atoms with Gasteiger partial charge in [-0.1, -0.05) is 18.5 Å². The van der Waals surface area contributed by atoms with Crippen molar-refractivity contribution in [3.8, 4) is 0 Å². The van der Waals surface area contributed by atoms with Crippen LogP contribution in [0.1, 0.15) is 53.4 Å². The molecule has 6 nitrogen and oxygen atoms in total. The topological polar surface area (TPSA) is 92.9 Å². The lowest BCUT2D eigenvalue weighted by atomic mass is 9.91. The van der Waals surface area contributed by atoms with Gasteiger partial charge in [0.1, 0.15) is 13.7 Å². The summed E-state index contributed by atoms with van der Waals surface area (Å²) in [5, 5.41) is 3.87. The van der Waals surface area contributed by atoms with Crippen molar-refractivity contribution in [1.29, 1.82) is 0 Å². The number of anilines is 1. The number of hydrogen-bond acceptors (Lipinski definition) is 3. The number of aryl methyl sites for hydroxylation is 2. The van der Waals surface area contributed by atoms with E-state index in [1.165, 1.54) is 0 Å². The minimum atomic E-state index is -0.272. The number of fused-ring (bicyclic) bond motifs is 1. The predicted octanol–water partition coefficient (Wildman–Crippen LogP) is 1.69. The number of rotatable bonds is 5. The van der Waals surface area contributed by atoms with Crippen molar-refractivity contribution in [2.45, 2.75) is 46.7 Å². The maximum Gasteiger partial charge on any atom is 0.254 e. The molecule has 2 heterocycles. The van der Waals surface area contributed by atoms with Gasteiger partial charge >= 0.3 is 0 Å². The van der Waals surface area contributed by atoms with E-state index < -0.39 is 0 Å². The van der Waals surface area contributed by atoms with Crippen molar-refractivity contribution >= 4 is 35.9 Å². The number of nitrogen functional groups attached to an aromatic ring is 1. The molecule has 1 amide bonds. The summed E-state index contributed by atoms with van der Waals surface area (Å²) in [7, 11) is 1.99. The summed E-state index contributed by atoms with van der Waals surface area (Å²) in [5.41, 5.74) is 10.5. The van der Waals surface area contributed by atoms with E-state index in [-0.39, 0.29) is 18.0 Å². The third-order valence-electron chi connectivity index (χ3n) is 5.38. The number of nitrogens with zero attached hydrogens (tertiary/aromatic N) is 1. The zero-order chi connectivity index (χ0) is 20.6. The quantitative estimate of drug-likeness (QED) is 0.590. The highest BCUT2D eigenvalue weighted by Gasteiger charge is 2.18. The Hall–Kier alpha value is -2.96. The van der Waals surface area contributed by atoms with Crippen LogP contribution in [-0.2, 0) is 6.54 Å². The Balaban J connectivity index is 1.98. The molecular weight excluding hydrogens is 351 g/mol. The first kappa shape index (κ1) is 19.8. The first-order chi connectivity index (χ1) is 13.2. The highest BCUT2D eigenvalue weighted by Crippen LogP contribution is 2.28. The van der Waals surface area contributed by atoms with E-state index in [4.69, 9.17) is 5.73 Å². The number of nitrogens with one attached hydrogen (secondary N) is 2. The summed E-state index contributed by atoms with van der Waals surface area (Å²) in [6.07, 6.45) is 3.13. The Labute approximate surface area is 165 Å². The standard InChI is InChI=1S/C21H27BN4O2/c1-5-13(4)26-10-12(3)19-15(7-14(22)8-17(19)26)20(27)24-9-16-11(2)6-18(23)25-21(16)28/h6-8,10,13H,5,9,22H2,1-4H3,(H,24,27)(H3,23,25,28)/t13-/m1/s1. The third kappa shape index (κ3) is 3.57. The SMILES string of the molecule is Bc1cc(C(=O)NCc2c(C)cc(N)[nH]c2=O)c2c(C)cn([C@H](C)CC)c2c1. The number of H-pyrrole nitrogens is 1. The van der Waals surface area contributed by atoms with Crippen LogP contribution in [0.5, 0.6) is 0 Å². The molecule has 0 saturated carbocycles. The number of amides is 1. The molecule has 0 unspecified atom stereocenters. The van der Waals surface area contributed by atoms with Crippen molar-refractivity contribution in [2.75, 3.05) is 5.73 Å². The summed E-state index contributed by atoms with van der Waals surface area (Å²) < 4.78 is 2.24. The lowest BCUT2D eigenvalue weighted by Crippen LogP contribution is -2.28. The van der Waals surface area contributed by atoms with Gasteiger partial charge in [0.15, 0.2) is 0 Å². The molecule has 0 aliphatic heterocycles. The van der Waals surface area contributed by atoms with Gasteiger partial charge in [-0.2, -0.15) is 0 Å². The monoisotopic (exact) mass is 378 g/mol. The zero-order valence-corrected chi connectivity index (χ0v) is 17.1. The van der Waals surface area contributed by atoms with Crippen LogP contribution in [0.15, 0.2) is 29.2 Å². The van der Waals surface area contributed by atoms with E-state index in [0.717, 1.165) is 33.9 Å². The average Bonchev–Trinajstić information content (AvgIpc) is 2.95. The number of pyridine rings is 1. The minimum Gasteiger partial charge on any atom is -0.385 e. The lowest BCUT2D eigenvalue weighted by Gasteiger charge is -2.14. The molecule has 7 heteroatoms. The third-order valence-corrected chi connectivity index (χ3v) is 5.38. The summed E-state index contributed by atoms with van der Waals surface area (Å²) in [6.45, 7) is 8.33. The van der Waals surface area contributed by atoms with E-state index in [9.17, 15) is 9.59 Å². The summed E-state index contributed by atoms with van der Waals surface area (Å²) in [6, 6.07) is 6.08. The van der Waals surface area contributed by atoms with E-state index in [1.807, 2.05) is 27.8 Å². The molecule has 2 aromatic heterocycles. The largest absolute Gasteiger partial charge is 0.385 e. The molecule has 4 N–H and O–H groups in total. The van der Waals surface area contributed by atoms with Gasteiger partial charge in [-0.3, -0.25) is 9.59 Å². The molecule has 0 aliphatic carbocycles. The average molecular weight is 378 g/mol. The van der Waals surface area contributed by atoms with E-state index in [2.05, 4.69) is 41.0 Å². The van der Waals surface area contributed by atoms with Crippen LogP contribution in [0, 0.1) is 13.8 Å². The Kier molecular flexibility index (Phi) is 5.36. The van der Waals surface area contributed by atoms with Crippen LogP contribution in [0.2, 0.25) is 0 Å². The smallest absolute Gasteiger partial charge is 0.254 e. The molecule has 28 heavy (non-hydrogen) atoms. The first-order valence-corrected chi connectivity index (χ1v) is 9.61. The molecule has 0 bridgehead atoms. The van der Waals surface area contributed by atoms with Crippen LogP contribution >= 0.6 is 0 Å². The van der Waals surface area contributed by atoms with Gasteiger partial charge in [-0.25, -0.2) is 0 Å². The summed E-state index contributed by atoms with van der Waals surface area (Å²) in [5.74, 6) is 0.134. The molecule has 1 aromatic carbocycles. The molecule has 3 aromatic rings. The maximum absolute atomic E-state index is 13.0. The molecule has 3 rings (SSSR count). The molecule has 146 valence electrons. The van der Waals surface area contributed by atoms with Crippen LogP contribution in [0.25, 0.3) is 10.9 Å².